The molecule has 118 valence electrons. The van der Waals surface area contributed by atoms with Crippen LogP contribution in [0.1, 0.15) is 78.6 Å². The van der Waals surface area contributed by atoms with Crippen molar-refractivity contribution in [3.63, 3.8) is 0 Å². The van der Waals surface area contributed by atoms with Crippen molar-refractivity contribution in [3.8, 4) is 0 Å². The third-order valence-electron chi connectivity index (χ3n) is 4.15. The van der Waals surface area contributed by atoms with Crippen LogP contribution in [0.5, 0.6) is 0 Å². The first-order chi connectivity index (χ1) is 10.2. The molecule has 0 fully saturated rings. The zero-order valence-electron chi connectivity index (χ0n) is 13.9. The molecule has 0 atom stereocenters. The summed E-state index contributed by atoms with van der Waals surface area (Å²) in [4.78, 5) is 4.39. The zero-order valence-corrected chi connectivity index (χ0v) is 16.8. The van der Waals surface area contributed by atoms with Crippen LogP contribution in [0.4, 0.5) is 4.39 Å². The van der Waals surface area contributed by atoms with Gasteiger partial charge in [-0.3, -0.25) is 0 Å². The number of unbranched alkanes of at least 4 members (excludes halogenated alkanes) is 3. The normalized spacial score (nSPS) is 11.8. The quantitative estimate of drug-likeness (QED) is 0.463. The van der Waals surface area contributed by atoms with Crippen molar-refractivity contribution >= 4 is 24.9 Å². The Kier molecular flexibility index (Phi) is 9.53. The molecule has 1 aromatic heterocycles. The molecule has 1 rings (SSSR count). The van der Waals surface area contributed by atoms with Gasteiger partial charge in [0.15, 0.2) is 0 Å². The fourth-order valence-corrected chi connectivity index (χ4v) is 7.81. The predicted octanol–water partition coefficient (Wildman–Crippen LogP) is 5.28. The van der Waals surface area contributed by atoms with Gasteiger partial charge in [-0.2, -0.15) is 0 Å². The van der Waals surface area contributed by atoms with Gasteiger partial charge in [-0.1, -0.05) is 0 Å². The van der Waals surface area contributed by atoms with E-state index < -0.39 is 21.1 Å². The maximum atomic E-state index is 13.1. The monoisotopic (exact) mass is 399 g/mol. The van der Waals surface area contributed by atoms with E-state index in [1.54, 1.807) is 6.07 Å². The molecular formula is C18H30FNSn. The third kappa shape index (κ3) is 7.12. The topological polar surface area (TPSA) is 12.9 Å². The summed E-state index contributed by atoms with van der Waals surface area (Å²) in [5.41, 5.74) is 0. The summed E-state index contributed by atoms with van der Waals surface area (Å²) in [5, 5.41) is 0. The summed E-state index contributed by atoms with van der Waals surface area (Å²) in [6.07, 6.45) is 13.3. The van der Waals surface area contributed by atoms with Gasteiger partial charge in [-0.25, -0.2) is 0 Å². The van der Waals surface area contributed by atoms with E-state index in [2.05, 4.69) is 25.8 Å². The summed E-state index contributed by atoms with van der Waals surface area (Å²) in [5.74, 6) is -0.209. The van der Waals surface area contributed by atoms with E-state index >= 15 is 0 Å². The molecule has 1 nitrogen and oxygen atoms in total. The van der Waals surface area contributed by atoms with Crippen molar-refractivity contribution in [2.24, 2.45) is 0 Å². The Morgan fingerprint density at radius 1 is 0.952 bits per heavy atom. The number of rotatable bonds is 11. The van der Waals surface area contributed by atoms with Crippen LogP contribution in [0.25, 0.3) is 0 Å². The molecule has 0 saturated heterocycles. The van der Waals surface area contributed by atoms with E-state index in [4.69, 9.17) is 0 Å². The van der Waals surface area contributed by atoms with Gasteiger partial charge < -0.3 is 0 Å². The van der Waals surface area contributed by atoms with Crippen molar-refractivity contribution in [2.75, 3.05) is 0 Å². The molecule has 0 saturated carbocycles. The number of halogens is 1. The van der Waals surface area contributed by atoms with E-state index in [9.17, 15) is 4.39 Å². The molecule has 0 aliphatic rings. The van der Waals surface area contributed by atoms with Crippen molar-refractivity contribution in [2.45, 2.75) is 82.0 Å². The Labute approximate surface area is 140 Å². The van der Waals surface area contributed by atoms with Gasteiger partial charge in [0.1, 0.15) is 0 Å². The number of hydrogen-bond acceptors (Lipinski definition) is 1. The first-order valence-corrected chi connectivity index (χ1v) is 11.4. The Morgan fingerprint density at radius 3 is 1.86 bits per heavy atom. The first kappa shape index (κ1) is 18.9. The molecule has 3 heteroatoms. The Hall–Kier alpha value is -0.121. The number of aromatic nitrogens is 1. The van der Waals surface area contributed by atoms with Gasteiger partial charge in [0.25, 0.3) is 0 Å². The Balaban J connectivity index is 2.85. The molecule has 0 aliphatic carbocycles. The molecule has 1 heterocycles. The summed E-state index contributed by atoms with van der Waals surface area (Å²) in [6.45, 7) is 6.85. The second kappa shape index (κ2) is 10.6. The fraction of sp³-hybridized carbons (Fsp3) is 0.722. The van der Waals surface area contributed by atoms with E-state index in [-0.39, 0.29) is 5.82 Å². The summed E-state index contributed by atoms with van der Waals surface area (Å²) >= 11 is -0.787. The van der Waals surface area contributed by atoms with Crippen LogP contribution in [0.15, 0.2) is 18.3 Å². The molecule has 0 unspecified atom stereocenters. The molecule has 2 radical (unpaired) electrons. The number of pyridine rings is 1. The first-order valence-electron chi connectivity index (χ1n) is 8.55. The molecule has 0 amide bonds. The zero-order chi connectivity index (χ0) is 15.6. The fourth-order valence-electron chi connectivity index (χ4n) is 2.83. The molecule has 0 spiro atoms. The molecule has 21 heavy (non-hydrogen) atoms. The molecule has 0 aromatic carbocycles. The van der Waals surface area contributed by atoms with E-state index in [1.807, 2.05) is 6.07 Å². The van der Waals surface area contributed by atoms with Crippen LogP contribution in [-0.2, 0) is 0 Å². The molecule has 0 aliphatic heterocycles. The van der Waals surface area contributed by atoms with Crippen LogP contribution >= 0.6 is 0 Å². The third-order valence-corrected chi connectivity index (χ3v) is 9.38. The van der Waals surface area contributed by atoms with Crippen LogP contribution in [0.3, 0.4) is 0 Å². The molecule has 1 aromatic rings. The average Bonchev–Trinajstić information content (AvgIpc) is 2.51. The Morgan fingerprint density at radius 2 is 1.48 bits per heavy atom. The van der Waals surface area contributed by atoms with E-state index in [0.717, 1.165) is 0 Å². The summed E-state index contributed by atoms with van der Waals surface area (Å²) < 4.78 is 14.8. The van der Waals surface area contributed by atoms with Crippen LogP contribution in [0.2, 0.25) is 3.43 Å². The number of nitrogens with zero attached hydrogens (tertiary/aromatic N) is 1. The van der Waals surface area contributed by atoms with Gasteiger partial charge in [-0.05, 0) is 0 Å². The summed E-state index contributed by atoms with van der Waals surface area (Å²) in [7, 11) is 0. The van der Waals surface area contributed by atoms with Gasteiger partial charge in [0.05, 0.1) is 0 Å². The van der Waals surface area contributed by atoms with E-state index in [1.165, 1.54) is 67.7 Å². The minimum absolute atomic E-state index is 0.209. The molecule has 0 bridgehead atoms. The van der Waals surface area contributed by atoms with Gasteiger partial charge in [0, 0.05) is 0 Å². The standard InChI is InChI=1S/C13H27.C5H3FN.Sn/c1-4-7-10-13(11-8-5-2)12-9-6-3;6-5-2-1-3-7-4-5;/h4-12H2,1-3H3;1-2,4H;. The van der Waals surface area contributed by atoms with Crippen molar-refractivity contribution in [3.05, 3.63) is 24.1 Å². The van der Waals surface area contributed by atoms with E-state index in [0.29, 0.717) is 3.43 Å². The van der Waals surface area contributed by atoms with Crippen molar-refractivity contribution in [1.82, 2.24) is 4.98 Å². The second-order valence-electron chi connectivity index (χ2n) is 6.08. The molecular weight excluding hydrogens is 368 g/mol. The van der Waals surface area contributed by atoms with Crippen LogP contribution in [-0.4, -0.2) is 26.1 Å². The average molecular weight is 398 g/mol. The van der Waals surface area contributed by atoms with Crippen LogP contribution in [0, 0.1) is 5.82 Å². The Bertz CT molecular complexity index is 356. The minimum atomic E-state index is -0.787. The van der Waals surface area contributed by atoms with Crippen LogP contribution < -0.4 is 3.71 Å². The van der Waals surface area contributed by atoms with Gasteiger partial charge >= 0.3 is 140 Å². The predicted molar refractivity (Wildman–Crippen MR) is 90.9 cm³/mol. The summed E-state index contributed by atoms with van der Waals surface area (Å²) in [6, 6.07) is 3.54. The SMILES string of the molecule is CCCC[C](CCCC)(CCCC)[Sn][c]1ccc(F)cn1. The van der Waals surface area contributed by atoms with Crippen molar-refractivity contribution in [1.29, 1.82) is 0 Å². The van der Waals surface area contributed by atoms with Crippen molar-refractivity contribution < 1.29 is 4.39 Å². The maximum absolute atomic E-state index is 13.1. The molecule has 0 N–H and O–H groups in total. The van der Waals surface area contributed by atoms with Gasteiger partial charge in [-0.15, -0.1) is 0 Å². The second-order valence-corrected chi connectivity index (χ2v) is 11.3. The number of hydrogen-bond donors (Lipinski definition) is 0. The van der Waals surface area contributed by atoms with Gasteiger partial charge in [0.2, 0.25) is 0 Å².